The number of aliphatic hydroxyl groups is 2. The second-order valence-corrected chi connectivity index (χ2v) is 7.73. The summed E-state index contributed by atoms with van der Waals surface area (Å²) >= 11 is 0. The van der Waals surface area contributed by atoms with Crippen molar-refractivity contribution >= 4 is 11.9 Å². The van der Waals surface area contributed by atoms with Gasteiger partial charge in [-0.15, -0.1) is 0 Å². The van der Waals surface area contributed by atoms with Gasteiger partial charge in [0.05, 0.1) is 18.1 Å². The van der Waals surface area contributed by atoms with Gasteiger partial charge in [-0.05, 0) is 33.3 Å². The molecule has 2 saturated heterocycles. The minimum absolute atomic E-state index is 0.206. The van der Waals surface area contributed by atoms with Gasteiger partial charge in [0.25, 0.3) is 0 Å². The van der Waals surface area contributed by atoms with Crippen molar-refractivity contribution in [2.45, 2.75) is 63.6 Å². The van der Waals surface area contributed by atoms with E-state index in [-0.39, 0.29) is 24.0 Å². The average Bonchev–Trinajstić information content (AvgIpc) is 3.08. The van der Waals surface area contributed by atoms with E-state index >= 15 is 0 Å². The zero-order valence-corrected chi connectivity index (χ0v) is 15.9. The van der Waals surface area contributed by atoms with Crippen molar-refractivity contribution in [3.05, 3.63) is 35.5 Å². The van der Waals surface area contributed by atoms with Gasteiger partial charge in [-0.3, -0.25) is 0 Å². The molecule has 0 radical (unpaired) electrons. The molecule has 3 aliphatic rings. The third kappa shape index (κ3) is 3.47. The fourth-order valence-corrected chi connectivity index (χ4v) is 4.01. The summed E-state index contributed by atoms with van der Waals surface area (Å²) in [5, 5.41) is 20.7. The molecule has 5 atom stereocenters. The van der Waals surface area contributed by atoms with Crippen LogP contribution in [0, 0.1) is 5.92 Å². The first-order chi connectivity index (χ1) is 12.6. The molecule has 0 unspecified atom stereocenters. The predicted octanol–water partition coefficient (Wildman–Crippen LogP) is 1.54. The van der Waals surface area contributed by atoms with Crippen LogP contribution in [0.3, 0.4) is 0 Å². The summed E-state index contributed by atoms with van der Waals surface area (Å²) < 4.78 is 17.1. The SMILES string of the molecule is C=C1C(=O)O[C@@H]2/C=C(/CO)[C@@]3(O)CC[C@](C)(C[C@@H](OC(=O)/C(C)=C/C)[C@@H]12)O3. The van der Waals surface area contributed by atoms with Gasteiger partial charge in [-0.1, -0.05) is 12.7 Å². The molecule has 0 aromatic rings. The van der Waals surface area contributed by atoms with Gasteiger partial charge in [0.15, 0.2) is 5.79 Å². The van der Waals surface area contributed by atoms with E-state index in [1.807, 2.05) is 6.92 Å². The molecule has 2 fully saturated rings. The van der Waals surface area contributed by atoms with Crippen LogP contribution < -0.4 is 0 Å². The van der Waals surface area contributed by atoms with Crippen molar-refractivity contribution in [2.24, 2.45) is 5.92 Å². The Kier molecular flexibility index (Phi) is 5.05. The highest BCUT2D eigenvalue weighted by Gasteiger charge is 2.54. The van der Waals surface area contributed by atoms with E-state index in [2.05, 4.69) is 6.58 Å². The molecule has 0 spiro atoms. The first-order valence-electron chi connectivity index (χ1n) is 9.11. The van der Waals surface area contributed by atoms with Gasteiger partial charge < -0.3 is 24.4 Å². The molecule has 27 heavy (non-hydrogen) atoms. The van der Waals surface area contributed by atoms with Gasteiger partial charge in [0, 0.05) is 29.6 Å². The number of hydrogen-bond donors (Lipinski definition) is 2. The molecule has 2 N–H and O–H groups in total. The first-order valence-corrected chi connectivity index (χ1v) is 9.11. The Bertz CT molecular complexity index is 737. The van der Waals surface area contributed by atoms with Crippen LogP contribution in [0.4, 0.5) is 0 Å². The number of rotatable bonds is 3. The largest absolute Gasteiger partial charge is 0.458 e. The lowest BCUT2D eigenvalue weighted by atomic mass is 9.81. The second-order valence-electron chi connectivity index (χ2n) is 7.73. The van der Waals surface area contributed by atoms with E-state index in [1.54, 1.807) is 19.9 Å². The van der Waals surface area contributed by atoms with Crippen molar-refractivity contribution in [1.82, 2.24) is 0 Å². The molecule has 0 aromatic heterocycles. The topological polar surface area (TPSA) is 102 Å². The summed E-state index contributed by atoms with van der Waals surface area (Å²) in [4.78, 5) is 24.6. The summed E-state index contributed by atoms with van der Waals surface area (Å²) in [7, 11) is 0. The van der Waals surface area contributed by atoms with Crippen molar-refractivity contribution in [2.75, 3.05) is 6.61 Å². The Morgan fingerprint density at radius 2 is 2.19 bits per heavy atom. The molecular formula is C20H26O7. The molecule has 2 bridgehead atoms. The summed E-state index contributed by atoms with van der Waals surface area (Å²) in [5.41, 5.74) is 0.0968. The van der Waals surface area contributed by atoms with E-state index in [1.165, 1.54) is 6.08 Å². The Morgan fingerprint density at radius 1 is 1.48 bits per heavy atom. The zero-order chi connectivity index (χ0) is 20.0. The highest BCUT2D eigenvalue weighted by Crippen LogP contribution is 2.47. The minimum Gasteiger partial charge on any atom is -0.458 e. The molecule has 0 amide bonds. The lowest BCUT2D eigenvalue weighted by molar-refractivity contribution is -0.205. The zero-order valence-electron chi connectivity index (χ0n) is 15.9. The quantitative estimate of drug-likeness (QED) is 0.436. The summed E-state index contributed by atoms with van der Waals surface area (Å²) in [5.74, 6) is -3.32. The van der Waals surface area contributed by atoms with E-state index in [4.69, 9.17) is 14.2 Å². The number of fused-ring (bicyclic) bond motifs is 3. The van der Waals surface area contributed by atoms with Gasteiger partial charge >= 0.3 is 11.9 Å². The van der Waals surface area contributed by atoms with Crippen molar-refractivity contribution in [3.8, 4) is 0 Å². The summed E-state index contributed by atoms with van der Waals surface area (Å²) in [6.07, 6.45) is 2.69. The van der Waals surface area contributed by atoms with Gasteiger partial charge in [-0.25, -0.2) is 9.59 Å². The highest BCUT2D eigenvalue weighted by molar-refractivity contribution is 5.92. The summed E-state index contributed by atoms with van der Waals surface area (Å²) in [6.45, 7) is 8.59. The van der Waals surface area contributed by atoms with Crippen LogP contribution in [-0.4, -0.2) is 52.4 Å². The predicted molar refractivity (Wildman–Crippen MR) is 95.3 cm³/mol. The number of allylic oxidation sites excluding steroid dienone is 1. The molecule has 3 rings (SSSR count). The molecule has 7 nitrogen and oxygen atoms in total. The fraction of sp³-hybridized carbons (Fsp3) is 0.600. The third-order valence-electron chi connectivity index (χ3n) is 5.75. The van der Waals surface area contributed by atoms with Crippen LogP contribution in [0.25, 0.3) is 0 Å². The van der Waals surface area contributed by atoms with E-state index < -0.39 is 48.1 Å². The molecule has 3 heterocycles. The Morgan fingerprint density at radius 3 is 2.81 bits per heavy atom. The number of esters is 2. The van der Waals surface area contributed by atoms with Gasteiger partial charge in [0.2, 0.25) is 0 Å². The van der Waals surface area contributed by atoms with E-state index in [9.17, 15) is 19.8 Å². The number of carbonyl (C=O) groups is 2. The lowest BCUT2D eigenvalue weighted by Crippen LogP contribution is -2.40. The third-order valence-corrected chi connectivity index (χ3v) is 5.75. The number of hydrogen-bond acceptors (Lipinski definition) is 7. The van der Waals surface area contributed by atoms with Crippen molar-refractivity contribution in [1.29, 1.82) is 0 Å². The molecule has 7 heteroatoms. The lowest BCUT2D eigenvalue weighted by Gasteiger charge is -2.33. The van der Waals surface area contributed by atoms with E-state index in [0.717, 1.165) is 0 Å². The Labute approximate surface area is 158 Å². The summed E-state index contributed by atoms with van der Waals surface area (Å²) in [6, 6.07) is 0. The molecular weight excluding hydrogens is 352 g/mol. The average molecular weight is 378 g/mol. The number of carbonyl (C=O) groups excluding carboxylic acids is 2. The smallest absolute Gasteiger partial charge is 0.334 e. The highest BCUT2D eigenvalue weighted by atomic mass is 16.6. The van der Waals surface area contributed by atoms with Crippen LogP contribution in [0.15, 0.2) is 35.5 Å². The Hall–Kier alpha value is -1.96. The normalized spacial score (nSPS) is 41.0. The number of aliphatic hydroxyl groups excluding tert-OH is 1. The molecule has 0 aromatic carbocycles. The van der Waals surface area contributed by atoms with Crippen molar-refractivity contribution < 1.29 is 34.0 Å². The van der Waals surface area contributed by atoms with Gasteiger partial charge in [0.1, 0.15) is 12.2 Å². The minimum atomic E-state index is -1.64. The maximum absolute atomic E-state index is 12.4. The van der Waals surface area contributed by atoms with Crippen molar-refractivity contribution in [3.63, 3.8) is 0 Å². The van der Waals surface area contributed by atoms with Gasteiger partial charge in [-0.2, -0.15) is 0 Å². The fourth-order valence-electron chi connectivity index (χ4n) is 4.01. The first kappa shape index (κ1) is 19.8. The molecule has 0 saturated carbocycles. The Balaban J connectivity index is 2.05. The number of ether oxygens (including phenoxy) is 3. The van der Waals surface area contributed by atoms with E-state index in [0.29, 0.717) is 12.0 Å². The maximum Gasteiger partial charge on any atom is 0.334 e. The maximum atomic E-state index is 12.4. The molecule has 0 aliphatic carbocycles. The second kappa shape index (κ2) is 6.89. The van der Waals surface area contributed by atoms with Crippen LogP contribution >= 0.6 is 0 Å². The molecule has 148 valence electrons. The molecule has 3 aliphatic heterocycles. The monoisotopic (exact) mass is 378 g/mol. The van der Waals surface area contributed by atoms with Crippen LogP contribution in [0.1, 0.15) is 40.0 Å². The standard InChI is InChI=1S/C20H26O7/c1-5-11(2)17(22)26-15-9-19(4)6-7-20(24,27-19)13(10-21)8-14-16(15)12(3)18(23)25-14/h5,8,14-16,21,24H,3,6-7,9-10H2,1-2,4H3/b11-5+,13-8-/t14-,15-,16+,19-,20-/m1/s1. The van der Waals surface area contributed by atoms with Crippen LogP contribution in [-0.2, 0) is 23.8 Å². The van der Waals surface area contributed by atoms with Crippen LogP contribution in [0.5, 0.6) is 0 Å². The van der Waals surface area contributed by atoms with Crippen LogP contribution in [0.2, 0.25) is 0 Å².